The van der Waals surface area contributed by atoms with Gasteiger partial charge >= 0.3 is 18.2 Å². The van der Waals surface area contributed by atoms with Gasteiger partial charge in [0.2, 0.25) is 0 Å². The molecule has 2 aromatic carbocycles. The predicted octanol–water partition coefficient (Wildman–Crippen LogP) is 4.47. The molecular weight excluding hydrogens is 448 g/mol. The van der Waals surface area contributed by atoms with E-state index in [1.165, 1.54) is 12.0 Å². The van der Waals surface area contributed by atoms with Gasteiger partial charge in [0.15, 0.2) is 0 Å². The average molecular weight is 481 g/mol. The largest absolute Gasteiger partial charge is 0.467 e. The third-order valence-electron chi connectivity index (χ3n) is 6.53. The number of likely N-dealkylation sites (tertiary alicyclic amines) is 1. The van der Waals surface area contributed by atoms with Gasteiger partial charge in [-0.25, -0.2) is 14.4 Å². The van der Waals surface area contributed by atoms with Crippen molar-refractivity contribution in [1.82, 2.24) is 10.2 Å². The monoisotopic (exact) mass is 480 g/mol. The maximum atomic E-state index is 12.9. The fourth-order valence-electron chi connectivity index (χ4n) is 4.80. The van der Waals surface area contributed by atoms with E-state index in [1.54, 1.807) is 20.8 Å². The number of carbonyl (C=O) groups is 3. The summed E-state index contributed by atoms with van der Waals surface area (Å²) in [7, 11) is 1.28. The van der Waals surface area contributed by atoms with Crippen molar-refractivity contribution in [3.8, 4) is 11.1 Å². The molecule has 1 aliphatic carbocycles. The van der Waals surface area contributed by atoms with Crippen LogP contribution in [0.3, 0.4) is 0 Å². The van der Waals surface area contributed by atoms with Crippen molar-refractivity contribution in [2.24, 2.45) is 0 Å². The van der Waals surface area contributed by atoms with Crippen LogP contribution >= 0.6 is 0 Å². The highest BCUT2D eigenvalue weighted by Gasteiger charge is 2.46. The highest BCUT2D eigenvalue weighted by atomic mass is 16.6. The van der Waals surface area contributed by atoms with Crippen molar-refractivity contribution in [2.75, 3.05) is 26.8 Å². The Hall–Kier alpha value is -3.55. The number of hydrogen-bond acceptors (Lipinski definition) is 6. The number of nitrogens with zero attached hydrogens (tertiary/aromatic N) is 1. The maximum absolute atomic E-state index is 12.9. The molecule has 0 unspecified atom stereocenters. The summed E-state index contributed by atoms with van der Waals surface area (Å²) in [6.45, 7) is 6.02. The molecule has 35 heavy (non-hydrogen) atoms. The molecule has 0 aromatic heterocycles. The van der Waals surface area contributed by atoms with Crippen LogP contribution in [0.1, 0.15) is 50.7 Å². The van der Waals surface area contributed by atoms with E-state index in [-0.39, 0.29) is 38.5 Å². The second-order valence-corrected chi connectivity index (χ2v) is 9.99. The summed E-state index contributed by atoms with van der Waals surface area (Å²) in [4.78, 5) is 39.5. The zero-order valence-corrected chi connectivity index (χ0v) is 20.6. The minimum Gasteiger partial charge on any atom is -0.467 e. The van der Waals surface area contributed by atoms with Gasteiger partial charge in [-0.15, -0.1) is 0 Å². The number of amides is 2. The molecule has 1 heterocycles. The topological polar surface area (TPSA) is 94.2 Å². The van der Waals surface area contributed by atoms with Gasteiger partial charge in [0.25, 0.3) is 0 Å². The molecule has 1 saturated heterocycles. The van der Waals surface area contributed by atoms with Crippen LogP contribution in [0.5, 0.6) is 0 Å². The lowest BCUT2D eigenvalue weighted by Gasteiger charge is -2.40. The first-order chi connectivity index (χ1) is 16.6. The molecule has 0 bridgehead atoms. The molecule has 1 fully saturated rings. The molecule has 8 heteroatoms. The summed E-state index contributed by atoms with van der Waals surface area (Å²) in [6, 6.07) is 16.2. The summed E-state index contributed by atoms with van der Waals surface area (Å²) in [5.41, 5.74) is 2.60. The summed E-state index contributed by atoms with van der Waals surface area (Å²) in [6.07, 6.45) is -0.744. The van der Waals surface area contributed by atoms with Crippen molar-refractivity contribution < 1.29 is 28.6 Å². The number of benzene rings is 2. The van der Waals surface area contributed by atoms with Crippen LogP contribution in [0, 0.1) is 0 Å². The Bertz CT molecular complexity index is 1070. The average Bonchev–Trinajstić information content (AvgIpc) is 3.15. The molecule has 0 saturated carbocycles. The van der Waals surface area contributed by atoms with Crippen molar-refractivity contribution in [3.63, 3.8) is 0 Å². The standard InChI is InChI=1S/C27H32N2O6/c1-26(2,3)35-25(32)29-15-13-27(14-16-29,23(30)33-4)28-24(31)34-17-22-20-11-7-5-9-18(20)19-10-6-8-12-21(19)22/h5-12,22H,13-17H2,1-4H3,(H,28,31). The molecule has 2 aliphatic rings. The number of ether oxygens (including phenoxy) is 3. The normalized spacial score (nSPS) is 16.6. The van der Waals surface area contributed by atoms with Gasteiger partial charge in [-0.1, -0.05) is 48.5 Å². The third kappa shape index (κ3) is 5.11. The lowest BCUT2D eigenvalue weighted by atomic mass is 9.87. The van der Waals surface area contributed by atoms with E-state index in [4.69, 9.17) is 14.2 Å². The molecule has 8 nitrogen and oxygen atoms in total. The Labute approximate surface area is 205 Å². The fourth-order valence-corrected chi connectivity index (χ4v) is 4.80. The summed E-state index contributed by atoms with van der Waals surface area (Å²) in [5.74, 6) is -0.647. The Morgan fingerprint density at radius 1 is 0.971 bits per heavy atom. The van der Waals surface area contributed by atoms with Crippen molar-refractivity contribution in [1.29, 1.82) is 0 Å². The van der Waals surface area contributed by atoms with Gasteiger partial charge in [0.05, 0.1) is 7.11 Å². The zero-order chi connectivity index (χ0) is 25.2. The van der Waals surface area contributed by atoms with Crippen molar-refractivity contribution in [2.45, 2.75) is 50.7 Å². The van der Waals surface area contributed by atoms with Crippen molar-refractivity contribution in [3.05, 3.63) is 59.7 Å². The SMILES string of the molecule is COC(=O)C1(NC(=O)OCC2c3ccccc3-c3ccccc32)CCN(C(=O)OC(C)(C)C)CC1. The lowest BCUT2D eigenvalue weighted by Crippen LogP contribution is -2.61. The van der Waals surface area contributed by atoms with Gasteiger partial charge in [0.1, 0.15) is 17.7 Å². The number of esters is 1. The first-order valence-electron chi connectivity index (χ1n) is 11.8. The molecule has 1 aliphatic heterocycles. The van der Waals surface area contributed by atoms with Gasteiger partial charge in [0, 0.05) is 19.0 Å². The number of rotatable bonds is 4. The summed E-state index contributed by atoms with van der Waals surface area (Å²) >= 11 is 0. The minimum absolute atomic E-state index is 0.0868. The third-order valence-corrected chi connectivity index (χ3v) is 6.53. The molecule has 1 N–H and O–H groups in total. The van der Waals surface area contributed by atoms with Gasteiger partial charge in [-0.2, -0.15) is 0 Å². The van der Waals surface area contributed by atoms with Gasteiger partial charge < -0.3 is 24.4 Å². The lowest BCUT2D eigenvalue weighted by molar-refractivity contribution is -0.150. The molecule has 186 valence electrons. The summed E-state index contributed by atoms with van der Waals surface area (Å²) < 4.78 is 16.1. The van der Waals surface area contributed by atoms with Crippen LogP contribution in [-0.2, 0) is 19.0 Å². The number of fused-ring (bicyclic) bond motifs is 3. The molecular formula is C27H32N2O6. The van der Waals surface area contributed by atoms with Crippen LogP contribution < -0.4 is 5.32 Å². The fraction of sp³-hybridized carbons (Fsp3) is 0.444. The number of piperidine rings is 1. The van der Waals surface area contributed by atoms with E-state index >= 15 is 0 Å². The van der Waals surface area contributed by atoms with E-state index < -0.39 is 29.3 Å². The Morgan fingerprint density at radius 3 is 2.03 bits per heavy atom. The van der Waals surface area contributed by atoms with E-state index in [0.717, 1.165) is 22.3 Å². The number of nitrogens with one attached hydrogen (secondary N) is 1. The molecule has 0 spiro atoms. The molecule has 0 radical (unpaired) electrons. The Morgan fingerprint density at radius 2 is 1.51 bits per heavy atom. The Kier molecular flexibility index (Phi) is 6.74. The first-order valence-corrected chi connectivity index (χ1v) is 11.8. The number of hydrogen-bond donors (Lipinski definition) is 1. The second-order valence-electron chi connectivity index (χ2n) is 9.99. The van der Waals surface area contributed by atoms with Crippen LogP contribution in [0.25, 0.3) is 11.1 Å². The quantitative estimate of drug-likeness (QED) is 0.513. The van der Waals surface area contributed by atoms with Crippen LogP contribution in [0.4, 0.5) is 9.59 Å². The van der Waals surface area contributed by atoms with E-state index in [0.29, 0.717) is 0 Å². The smallest absolute Gasteiger partial charge is 0.410 e. The van der Waals surface area contributed by atoms with E-state index in [9.17, 15) is 14.4 Å². The van der Waals surface area contributed by atoms with Crippen molar-refractivity contribution >= 4 is 18.2 Å². The van der Waals surface area contributed by atoms with Crippen LogP contribution in [0.2, 0.25) is 0 Å². The van der Waals surface area contributed by atoms with E-state index in [2.05, 4.69) is 17.4 Å². The van der Waals surface area contributed by atoms with Gasteiger partial charge in [-0.3, -0.25) is 0 Å². The second kappa shape index (κ2) is 9.60. The zero-order valence-electron chi connectivity index (χ0n) is 20.6. The summed E-state index contributed by atoms with van der Waals surface area (Å²) in [5, 5.41) is 2.75. The van der Waals surface area contributed by atoms with Gasteiger partial charge in [-0.05, 0) is 55.9 Å². The minimum atomic E-state index is -1.27. The molecule has 0 atom stereocenters. The van der Waals surface area contributed by atoms with Crippen LogP contribution in [-0.4, -0.2) is 61.0 Å². The van der Waals surface area contributed by atoms with E-state index in [1.807, 2.05) is 36.4 Å². The molecule has 2 amide bonds. The highest BCUT2D eigenvalue weighted by Crippen LogP contribution is 2.44. The molecule has 4 rings (SSSR count). The number of alkyl carbamates (subject to hydrolysis) is 1. The Balaban J connectivity index is 1.42. The number of methoxy groups -OCH3 is 1. The first kappa shape index (κ1) is 24.6. The maximum Gasteiger partial charge on any atom is 0.410 e. The predicted molar refractivity (Wildman–Crippen MR) is 130 cm³/mol. The van der Waals surface area contributed by atoms with Crippen LogP contribution in [0.15, 0.2) is 48.5 Å². The number of carbonyl (C=O) groups excluding carboxylic acids is 3. The highest BCUT2D eigenvalue weighted by molar-refractivity contribution is 5.86. The molecule has 2 aromatic rings.